The molecule has 0 unspecified atom stereocenters. The maximum absolute atomic E-state index is 5.87. The molecule has 3 aromatic rings. The summed E-state index contributed by atoms with van der Waals surface area (Å²) in [5.74, 6) is 1.86. The van der Waals surface area contributed by atoms with Crippen molar-refractivity contribution in [3.8, 4) is 5.75 Å². The van der Waals surface area contributed by atoms with Crippen LogP contribution >= 0.6 is 11.8 Å². The van der Waals surface area contributed by atoms with Crippen molar-refractivity contribution in [3.63, 3.8) is 0 Å². The Morgan fingerprint density at radius 1 is 1.09 bits per heavy atom. The Kier molecular flexibility index (Phi) is 5.23. The smallest absolute Gasteiger partial charge is 0.169 e. The minimum atomic E-state index is 0.685. The quantitative estimate of drug-likeness (QED) is 0.455. The van der Waals surface area contributed by atoms with Gasteiger partial charge in [0.1, 0.15) is 5.75 Å². The average Bonchev–Trinajstić information content (AvgIpc) is 2.91. The van der Waals surface area contributed by atoms with Crippen LogP contribution in [0.4, 0.5) is 0 Å². The second kappa shape index (κ2) is 7.55. The number of aromatic nitrogens is 2. The van der Waals surface area contributed by atoms with Gasteiger partial charge in [-0.25, -0.2) is 4.98 Å². The molecule has 3 nitrogen and oxygen atoms in total. The van der Waals surface area contributed by atoms with Gasteiger partial charge in [0, 0.05) is 12.3 Å². The molecule has 0 amide bonds. The number of aryl methyl sites for hydroxylation is 2. The van der Waals surface area contributed by atoms with Gasteiger partial charge in [-0.05, 0) is 37.1 Å². The molecule has 3 rings (SSSR count). The molecule has 1 aromatic heterocycles. The molecule has 1 heterocycles. The second-order valence-electron chi connectivity index (χ2n) is 5.50. The third kappa shape index (κ3) is 3.70. The Labute approximate surface area is 141 Å². The minimum Gasteiger partial charge on any atom is -0.492 e. The highest BCUT2D eigenvalue weighted by Gasteiger charge is 2.10. The summed E-state index contributed by atoms with van der Waals surface area (Å²) in [6.07, 6.45) is 1.10. The number of nitrogens with zero attached hydrogens (tertiary/aromatic N) is 2. The van der Waals surface area contributed by atoms with E-state index in [0.717, 1.165) is 35.1 Å². The maximum Gasteiger partial charge on any atom is 0.169 e. The molecule has 0 spiro atoms. The number of hydrogen-bond acceptors (Lipinski definition) is 3. The van der Waals surface area contributed by atoms with Crippen LogP contribution in [0.25, 0.3) is 11.0 Å². The van der Waals surface area contributed by atoms with E-state index < -0.39 is 0 Å². The van der Waals surface area contributed by atoms with Gasteiger partial charge in [0.2, 0.25) is 0 Å². The molecule has 0 radical (unpaired) electrons. The summed E-state index contributed by atoms with van der Waals surface area (Å²) in [7, 11) is 0. The molecule has 0 fully saturated rings. The highest BCUT2D eigenvalue weighted by atomic mass is 32.2. The Balaban J connectivity index is 1.65. The third-order valence-electron chi connectivity index (χ3n) is 3.73. The molecule has 0 aliphatic carbocycles. The fourth-order valence-electron chi connectivity index (χ4n) is 2.61. The summed E-state index contributed by atoms with van der Waals surface area (Å²) in [6, 6.07) is 16.5. The van der Waals surface area contributed by atoms with Crippen molar-refractivity contribution in [3.05, 3.63) is 54.1 Å². The van der Waals surface area contributed by atoms with Gasteiger partial charge in [0.25, 0.3) is 0 Å². The normalized spacial score (nSPS) is 11.0. The highest BCUT2D eigenvalue weighted by molar-refractivity contribution is 7.99. The van der Waals surface area contributed by atoms with E-state index in [9.17, 15) is 0 Å². The lowest BCUT2D eigenvalue weighted by Crippen LogP contribution is -2.04. The van der Waals surface area contributed by atoms with Gasteiger partial charge in [0.05, 0.1) is 17.6 Å². The van der Waals surface area contributed by atoms with Crippen molar-refractivity contribution in [2.24, 2.45) is 0 Å². The number of ether oxygens (including phenoxy) is 1. The lowest BCUT2D eigenvalue weighted by atomic mass is 10.2. The number of para-hydroxylation sites is 3. The molecule has 0 aliphatic heterocycles. The van der Waals surface area contributed by atoms with E-state index in [0.29, 0.717) is 6.61 Å². The predicted molar refractivity (Wildman–Crippen MR) is 97.4 cm³/mol. The second-order valence-corrected chi connectivity index (χ2v) is 6.56. The summed E-state index contributed by atoms with van der Waals surface area (Å²) in [6.45, 7) is 5.96. The zero-order valence-electron chi connectivity index (χ0n) is 13.7. The monoisotopic (exact) mass is 326 g/mol. The van der Waals surface area contributed by atoms with Crippen LogP contribution in [0.2, 0.25) is 0 Å². The molecule has 2 aromatic carbocycles. The van der Waals surface area contributed by atoms with Crippen LogP contribution < -0.4 is 4.74 Å². The summed E-state index contributed by atoms with van der Waals surface area (Å²) in [5.41, 5.74) is 3.47. The van der Waals surface area contributed by atoms with Gasteiger partial charge in [-0.3, -0.25) is 0 Å². The molecule has 0 atom stereocenters. The van der Waals surface area contributed by atoms with Crippen molar-refractivity contribution in [1.82, 2.24) is 9.55 Å². The van der Waals surface area contributed by atoms with Gasteiger partial charge in [-0.1, -0.05) is 49.0 Å². The zero-order chi connectivity index (χ0) is 16.1. The van der Waals surface area contributed by atoms with Crippen LogP contribution in [0.1, 0.15) is 18.9 Å². The lowest BCUT2D eigenvalue weighted by molar-refractivity contribution is 0.341. The Hall–Kier alpha value is -1.94. The third-order valence-corrected chi connectivity index (χ3v) is 4.67. The number of benzene rings is 2. The van der Waals surface area contributed by atoms with Crippen LogP contribution in [-0.2, 0) is 6.54 Å². The summed E-state index contributed by atoms with van der Waals surface area (Å²) >= 11 is 1.76. The zero-order valence-corrected chi connectivity index (χ0v) is 14.5. The Morgan fingerprint density at radius 3 is 2.70 bits per heavy atom. The van der Waals surface area contributed by atoms with E-state index in [2.05, 4.69) is 42.7 Å². The maximum atomic E-state index is 5.87. The molecule has 0 saturated heterocycles. The molecular weight excluding hydrogens is 304 g/mol. The standard InChI is InChI=1S/C19H22N2OS/c1-3-12-21-17-10-6-5-9-16(17)20-19(21)23-14-13-22-18-11-7-4-8-15(18)2/h4-11H,3,12-14H2,1-2H3. The SMILES string of the molecule is CCCn1c(SCCOc2ccccc2C)nc2ccccc21. The summed E-state index contributed by atoms with van der Waals surface area (Å²) < 4.78 is 8.19. The topological polar surface area (TPSA) is 27.1 Å². The number of fused-ring (bicyclic) bond motifs is 1. The number of rotatable bonds is 7. The van der Waals surface area contributed by atoms with Crippen LogP contribution in [-0.4, -0.2) is 21.9 Å². The van der Waals surface area contributed by atoms with E-state index >= 15 is 0 Å². The van der Waals surface area contributed by atoms with Gasteiger partial charge < -0.3 is 9.30 Å². The lowest BCUT2D eigenvalue weighted by Gasteiger charge is -2.09. The van der Waals surface area contributed by atoms with Gasteiger partial charge in [-0.2, -0.15) is 0 Å². The summed E-state index contributed by atoms with van der Waals surface area (Å²) in [4.78, 5) is 4.76. The van der Waals surface area contributed by atoms with E-state index in [1.807, 2.05) is 24.3 Å². The summed E-state index contributed by atoms with van der Waals surface area (Å²) in [5, 5.41) is 1.08. The van der Waals surface area contributed by atoms with Crippen LogP contribution in [0.3, 0.4) is 0 Å². The molecule has 0 saturated carbocycles. The predicted octanol–water partition coefficient (Wildman–Crippen LogP) is 4.93. The Bertz CT molecular complexity index is 782. The molecular formula is C19H22N2OS. The first-order valence-corrected chi connectivity index (χ1v) is 9.04. The van der Waals surface area contributed by atoms with Crippen LogP contribution in [0.15, 0.2) is 53.7 Å². The number of hydrogen-bond donors (Lipinski definition) is 0. The molecule has 23 heavy (non-hydrogen) atoms. The first kappa shape index (κ1) is 15.9. The van der Waals surface area contributed by atoms with E-state index in [1.54, 1.807) is 11.8 Å². The average molecular weight is 326 g/mol. The van der Waals surface area contributed by atoms with Crippen molar-refractivity contribution in [2.75, 3.05) is 12.4 Å². The molecule has 0 N–H and O–H groups in total. The molecule has 4 heteroatoms. The fourth-order valence-corrected chi connectivity index (χ4v) is 3.46. The first-order chi connectivity index (χ1) is 11.3. The van der Waals surface area contributed by atoms with Gasteiger partial charge in [0.15, 0.2) is 5.16 Å². The number of thioether (sulfide) groups is 1. The van der Waals surface area contributed by atoms with Crippen molar-refractivity contribution in [1.29, 1.82) is 0 Å². The van der Waals surface area contributed by atoms with Gasteiger partial charge in [-0.15, -0.1) is 0 Å². The first-order valence-electron chi connectivity index (χ1n) is 8.06. The molecule has 0 aliphatic rings. The minimum absolute atomic E-state index is 0.685. The van der Waals surface area contributed by atoms with Crippen LogP contribution in [0.5, 0.6) is 5.75 Å². The van der Waals surface area contributed by atoms with E-state index in [1.165, 1.54) is 11.1 Å². The fraction of sp³-hybridized carbons (Fsp3) is 0.316. The van der Waals surface area contributed by atoms with Crippen LogP contribution in [0, 0.1) is 6.92 Å². The van der Waals surface area contributed by atoms with Gasteiger partial charge >= 0.3 is 0 Å². The number of imidazole rings is 1. The Morgan fingerprint density at radius 2 is 1.87 bits per heavy atom. The van der Waals surface area contributed by atoms with Crippen molar-refractivity contribution in [2.45, 2.75) is 32.0 Å². The largest absolute Gasteiger partial charge is 0.492 e. The van der Waals surface area contributed by atoms with Crippen molar-refractivity contribution < 1.29 is 4.74 Å². The van der Waals surface area contributed by atoms with E-state index in [4.69, 9.17) is 9.72 Å². The molecule has 0 bridgehead atoms. The highest BCUT2D eigenvalue weighted by Crippen LogP contribution is 2.25. The van der Waals surface area contributed by atoms with Crippen molar-refractivity contribution >= 4 is 22.8 Å². The van der Waals surface area contributed by atoms with E-state index in [-0.39, 0.29) is 0 Å². The molecule has 120 valence electrons.